The standard InChI is InChI=1S/C24H30N4O3/c29-23(27-16-18-31-19-17-27)21-6-8-22(9-7-21)25-24(30)28-14-12-26(13-15-28)11-10-20-4-2-1-3-5-20/h1-9H,10-19H2,(H,25,30). The lowest BCUT2D eigenvalue weighted by atomic mass is 10.1. The van der Waals surface area contributed by atoms with E-state index in [4.69, 9.17) is 4.74 Å². The molecule has 2 aliphatic rings. The minimum absolute atomic E-state index is 0.00722. The first-order valence-corrected chi connectivity index (χ1v) is 11.0. The Kier molecular flexibility index (Phi) is 7.17. The average molecular weight is 423 g/mol. The third kappa shape index (κ3) is 5.83. The van der Waals surface area contributed by atoms with Crippen molar-refractivity contribution in [1.29, 1.82) is 0 Å². The van der Waals surface area contributed by atoms with Crippen LogP contribution in [-0.2, 0) is 11.2 Å². The fourth-order valence-electron chi connectivity index (χ4n) is 3.95. The number of morpholine rings is 1. The normalized spacial score (nSPS) is 17.4. The number of carbonyl (C=O) groups excluding carboxylic acids is 2. The van der Waals surface area contributed by atoms with Gasteiger partial charge in [-0.3, -0.25) is 9.69 Å². The zero-order chi connectivity index (χ0) is 21.5. The maximum Gasteiger partial charge on any atom is 0.321 e. The quantitative estimate of drug-likeness (QED) is 0.804. The highest BCUT2D eigenvalue weighted by atomic mass is 16.5. The number of anilines is 1. The molecule has 3 amide bonds. The van der Waals surface area contributed by atoms with Gasteiger partial charge in [-0.1, -0.05) is 30.3 Å². The van der Waals surface area contributed by atoms with Gasteiger partial charge in [-0.05, 0) is 36.2 Å². The van der Waals surface area contributed by atoms with E-state index in [0.717, 1.165) is 26.1 Å². The minimum Gasteiger partial charge on any atom is -0.378 e. The number of nitrogens with one attached hydrogen (secondary N) is 1. The van der Waals surface area contributed by atoms with E-state index < -0.39 is 0 Å². The summed E-state index contributed by atoms with van der Waals surface area (Å²) in [5.74, 6) is 0.00722. The van der Waals surface area contributed by atoms with Crippen LogP contribution in [0.5, 0.6) is 0 Å². The summed E-state index contributed by atoms with van der Waals surface area (Å²) in [6.07, 6.45) is 1.03. The fourth-order valence-corrected chi connectivity index (χ4v) is 3.95. The third-order valence-electron chi connectivity index (χ3n) is 5.90. The molecule has 2 aliphatic heterocycles. The summed E-state index contributed by atoms with van der Waals surface area (Å²) in [6, 6.07) is 17.5. The van der Waals surface area contributed by atoms with Crippen LogP contribution in [0.2, 0.25) is 0 Å². The zero-order valence-corrected chi connectivity index (χ0v) is 17.8. The average Bonchev–Trinajstić information content (AvgIpc) is 2.84. The van der Waals surface area contributed by atoms with Crippen molar-refractivity contribution in [2.24, 2.45) is 0 Å². The molecule has 4 rings (SSSR count). The molecule has 2 heterocycles. The molecule has 0 spiro atoms. The van der Waals surface area contributed by atoms with Crippen LogP contribution in [0.25, 0.3) is 0 Å². The number of benzene rings is 2. The molecule has 2 aromatic carbocycles. The van der Waals surface area contributed by atoms with Crippen LogP contribution in [0.1, 0.15) is 15.9 Å². The second-order valence-corrected chi connectivity index (χ2v) is 7.98. The van der Waals surface area contributed by atoms with Crippen LogP contribution in [0.15, 0.2) is 54.6 Å². The molecule has 0 unspecified atom stereocenters. The number of rotatable bonds is 5. The van der Waals surface area contributed by atoms with E-state index in [0.29, 0.717) is 50.6 Å². The third-order valence-corrected chi connectivity index (χ3v) is 5.90. The van der Waals surface area contributed by atoms with Gasteiger partial charge in [0, 0.05) is 57.1 Å². The molecule has 2 aromatic rings. The molecule has 2 saturated heterocycles. The Morgan fingerprint density at radius 1 is 0.806 bits per heavy atom. The van der Waals surface area contributed by atoms with E-state index in [-0.39, 0.29) is 11.9 Å². The molecule has 0 radical (unpaired) electrons. The van der Waals surface area contributed by atoms with Crippen molar-refractivity contribution in [2.75, 3.05) is 64.3 Å². The second-order valence-electron chi connectivity index (χ2n) is 7.98. The van der Waals surface area contributed by atoms with Crippen molar-refractivity contribution in [3.8, 4) is 0 Å². The number of amides is 3. The van der Waals surface area contributed by atoms with Crippen molar-refractivity contribution in [2.45, 2.75) is 6.42 Å². The van der Waals surface area contributed by atoms with Gasteiger partial charge in [-0.15, -0.1) is 0 Å². The molecule has 164 valence electrons. The summed E-state index contributed by atoms with van der Waals surface area (Å²) in [7, 11) is 0. The van der Waals surface area contributed by atoms with E-state index in [1.54, 1.807) is 29.2 Å². The van der Waals surface area contributed by atoms with Crippen LogP contribution in [0.3, 0.4) is 0 Å². The number of hydrogen-bond acceptors (Lipinski definition) is 4. The van der Waals surface area contributed by atoms with E-state index in [1.807, 2.05) is 11.0 Å². The lowest BCUT2D eigenvalue weighted by molar-refractivity contribution is 0.0303. The highest BCUT2D eigenvalue weighted by molar-refractivity contribution is 5.95. The molecule has 31 heavy (non-hydrogen) atoms. The first-order valence-electron chi connectivity index (χ1n) is 11.0. The van der Waals surface area contributed by atoms with Gasteiger partial charge in [-0.25, -0.2) is 4.79 Å². The molecule has 0 aliphatic carbocycles. The molecule has 0 aromatic heterocycles. The summed E-state index contributed by atoms with van der Waals surface area (Å²) in [4.78, 5) is 31.2. The van der Waals surface area contributed by atoms with Gasteiger partial charge >= 0.3 is 6.03 Å². The van der Waals surface area contributed by atoms with E-state index in [1.165, 1.54) is 5.56 Å². The van der Waals surface area contributed by atoms with Crippen LogP contribution in [0, 0.1) is 0 Å². The molecule has 7 heteroatoms. The SMILES string of the molecule is O=C(Nc1ccc(C(=O)N2CCOCC2)cc1)N1CCN(CCc2ccccc2)CC1. The Labute approximate surface area is 183 Å². The largest absolute Gasteiger partial charge is 0.378 e. The van der Waals surface area contributed by atoms with Gasteiger partial charge < -0.3 is 19.9 Å². The first-order chi connectivity index (χ1) is 15.2. The Bertz CT molecular complexity index is 858. The number of urea groups is 1. The second kappa shape index (κ2) is 10.4. The lowest BCUT2D eigenvalue weighted by Crippen LogP contribution is -2.50. The number of ether oxygens (including phenoxy) is 1. The Morgan fingerprint density at radius 3 is 2.16 bits per heavy atom. The molecule has 7 nitrogen and oxygen atoms in total. The summed E-state index contributed by atoms with van der Waals surface area (Å²) in [5, 5.41) is 2.95. The summed E-state index contributed by atoms with van der Waals surface area (Å²) in [5.41, 5.74) is 2.68. The van der Waals surface area contributed by atoms with Gasteiger partial charge in [-0.2, -0.15) is 0 Å². The molecule has 2 fully saturated rings. The van der Waals surface area contributed by atoms with Gasteiger partial charge in [0.2, 0.25) is 0 Å². The van der Waals surface area contributed by atoms with Gasteiger partial charge in [0.15, 0.2) is 0 Å². The summed E-state index contributed by atoms with van der Waals surface area (Å²) < 4.78 is 5.30. The zero-order valence-electron chi connectivity index (χ0n) is 17.8. The number of hydrogen-bond donors (Lipinski definition) is 1. The Hall–Kier alpha value is -2.90. The number of carbonyl (C=O) groups is 2. The molecule has 0 saturated carbocycles. The Balaban J connectivity index is 1.22. The monoisotopic (exact) mass is 422 g/mol. The van der Waals surface area contributed by atoms with E-state index >= 15 is 0 Å². The minimum atomic E-state index is -0.0880. The molecular weight excluding hydrogens is 392 g/mol. The lowest BCUT2D eigenvalue weighted by Gasteiger charge is -2.34. The highest BCUT2D eigenvalue weighted by Gasteiger charge is 2.22. The van der Waals surface area contributed by atoms with Crippen molar-refractivity contribution in [1.82, 2.24) is 14.7 Å². The predicted molar refractivity (Wildman–Crippen MR) is 120 cm³/mol. The topological polar surface area (TPSA) is 65.1 Å². The summed E-state index contributed by atoms with van der Waals surface area (Å²) in [6.45, 7) is 6.61. The Morgan fingerprint density at radius 2 is 1.48 bits per heavy atom. The van der Waals surface area contributed by atoms with Crippen molar-refractivity contribution in [3.63, 3.8) is 0 Å². The predicted octanol–water partition coefficient (Wildman–Crippen LogP) is 2.55. The van der Waals surface area contributed by atoms with E-state index in [9.17, 15) is 9.59 Å². The maximum atomic E-state index is 12.6. The van der Waals surface area contributed by atoms with Crippen molar-refractivity contribution < 1.29 is 14.3 Å². The maximum absolute atomic E-state index is 12.6. The van der Waals surface area contributed by atoms with Gasteiger partial charge in [0.25, 0.3) is 5.91 Å². The number of nitrogens with zero attached hydrogens (tertiary/aromatic N) is 3. The van der Waals surface area contributed by atoms with Crippen molar-refractivity contribution >= 4 is 17.6 Å². The van der Waals surface area contributed by atoms with Crippen LogP contribution < -0.4 is 5.32 Å². The van der Waals surface area contributed by atoms with Crippen LogP contribution in [0.4, 0.5) is 10.5 Å². The smallest absolute Gasteiger partial charge is 0.321 e. The van der Waals surface area contributed by atoms with E-state index in [2.05, 4.69) is 34.5 Å². The summed E-state index contributed by atoms with van der Waals surface area (Å²) >= 11 is 0. The highest BCUT2D eigenvalue weighted by Crippen LogP contribution is 2.14. The molecular formula is C24H30N4O3. The van der Waals surface area contributed by atoms with Crippen LogP contribution in [-0.4, -0.2) is 85.7 Å². The fraction of sp³-hybridized carbons (Fsp3) is 0.417. The van der Waals surface area contributed by atoms with Gasteiger partial charge in [0.05, 0.1) is 13.2 Å². The molecule has 0 bridgehead atoms. The number of piperazine rings is 1. The molecule has 0 atom stereocenters. The first kappa shape index (κ1) is 21.3. The van der Waals surface area contributed by atoms with Crippen LogP contribution >= 0.6 is 0 Å². The van der Waals surface area contributed by atoms with Crippen molar-refractivity contribution in [3.05, 3.63) is 65.7 Å². The van der Waals surface area contributed by atoms with Gasteiger partial charge in [0.1, 0.15) is 0 Å². The molecule has 1 N–H and O–H groups in total.